The van der Waals surface area contributed by atoms with Crippen LogP contribution < -0.4 is 19.5 Å². The minimum atomic E-state index is -0.163. The van der Waals surface area contributed by atoms with Crippen molar-refractivity contribution in [2.45, 2.75) is 18.0 Å². The Bertz CT molecular complexity index is 738. The fourth-order valence-electron chi connectivity index (χ4n) is 2.36. The topological polar surface area (TPSA) is 74.5 Å². The molecule has 126 valence electrons. The van der Waals surface area contributed by atoms with Gasteiger partial charge in [-0.3, -0.25) is 4.79 Å². The van der Waals surface area contributed by atoms with E-state index in [9.17, 15) is 10.0 Å². The van der Waals surface area contributed by atoms with Crippen LogP contribution >= 0.6 is 11.8 Å². The Morgan fingerprint density at radius 2 is 2.08 bits per heavy atom. The van der Waals surface area contributed by atoms with Gasteiger partial charge in [-0.15, -0.1) is 0 Å². The quantitative estimate of drug-likeness (QED) is 0.510. The maximum absolute atomic E-state index is 12.1. The molecular formula is C17H18N2O4S. The first kappa shape index (κ1) is 16.4. The predicted octanol–water partition coefficient (Wildman–Crippen LogP) is 2.06. The lowest BCUT2D eigenvalue weighted by atomic mass is 10.1. The summed E-state index contributed by atoms with van der Waals surface area (Å²) in [7, 11) is 0. The highest BCUT2D eigenvalue weighted by Crippen LogP contribution is 2.32. The molecule has 1 aliphatic rings. The van der Waals surface area contributed by atoms with Crippen LogP contribution in [0.5, 0.6) is 11.5 Å². The van der Waals surface area contributed by atoms with Crippen molar-refractivity contribution in [2.75, 3.05) is 19.0 Å². The molecule has 2 heterocycles. The van der Waals surface area contributed by atoms with Crippen LogP contribution in [0.4, 0.5) is 0 Å². The SMILES string of the molecule is CC(NC(=O)CSc1cccc[n+]1[O-])c1ccc2c(c1)OCCO2. The predicted molar refractivity (Wildman–Crippen MR) is 90.1 cm³/mol. The zero-order valence-electron chi connectivity index (χ0n) is 13.2. The Morgan fingerprint density at radius 1 is 1.29 bits per heavy atom. The molecule has 0 spiro atoms. The van der Waals surface area contributed by atoms with Gasteiger partial charge in [0.05, 0.1) is 11.8 Å². The summed E-state index contributed by atoms with van der Waals surface area (Å²) in [4.78, 5) is 12.1. The van der Waals surface area contributed by atoms with Crippen molar-refractivity contribution in [2.24, 2.45) is 0 Å². The van der Waals surface area contributed by atoms with Crippen molar-refractivity contribution < 1.29 is 19.0 Å². The van der Waals surface area contributed by atoms with Crippen LogP contribution in [0.25, 0.3) is 0 Å². The summed E-state index contributed by atoms with van der Waals surface area (Å²) in [5.74, 6) is 1.47. The second-order valence-electron chi connectivity index (χ2n) is 5.35. The second-order valence-corrected chi connectivity index (χ2v) is 6.34. The van der Waals surface area contributed by atoms with Gasteiger partial charge < -0.3 is 20.0 Å². The molecular weight excluding hydrogens is 328 g/mol. The number of nitrogens with zero attached hydrogens (tertiary/aromatic N) is 1. The Labute approximate surface area is 144 Å². The Balaban J connectivity index is 1.57. The fraction of sp³-hybridized carbons (Fsp3) is 0.294. The maximum atomic E-state index is 12.1. The molecule has 0 saturated heterocycles. The number of nitrogens with one attached hydrogen (secondary N) is 1. The highest BCUT2D eigenvalue weighted by atomic mass is 32.2. The number of rotatable bonds is 5. The van der Waals surface area contributed by atoms with Crippen LogP contribution in [0.2, 0.25) is 0 Å². The van der Waals surface area contributed by atoms with Gasteiger partial charge in [-0.25, -0.2) is 0 Å². The van der Waals surface area contributed by atoms with Crippen molar-refractivity contribution in [3.05, 3.63) is 53.4 Å². The normalized spacial score (nSPS) is 14.0. The van der Waals surface area contributed by atoms with Gasteiger partial charge in [-0.2, -0.15) is 4.73 Å². The van der Waals surface area contributed by atoms with Gasteiger partial charge >= 0.3 is 0 Å². The molecule has 0 saturated carbocycles. The number of carbonyl (C=O) groups excluding carboxylic acids is 1. The minimum absolute atomic E-state index is 0.133. The molecule has 1 atom stereocenters. The number of carbonyl (C=O) groups is 1. The molecule has 24 heavy (non-hydrogen) atoms. The van der Waals surface area contributed by atoms with E-state index in [4.69, 9.17) is 9.47 Å². The van der Waals surface area contributed by atoms with E-state index in [0.29, 0.717) is 24.0 Å². The number of hydrogen-bond acceptors (Lipinski definition) is 5. The third kappa shape index (κ3) is 3.91. The zero-order valence-corrected chi connectivity index (χ0v) is 14.0. The first-order valence-electron chi connectivity index (χ1n) is 7.63. The van der Waals surface area contributed by atoms with E-state index in [1.165, 1.54) is 18.0 Å². The smallest absolute Gasteiger partial charge is 0.251 e. The molecule has 6 nitrogen and oxygen atoms in total. The minimum Gasteiger partial charge on any atom is -0.618 e. The van der Waals surface area contributed by atoms with Gasteiger partial charge in [0.1, 0.15) is 13.2 Å². The van der Waals surface area contributed by atoms with E-state index in [1.54, 1.807) is 18.2 Å². The van der Waals surface area contributed by atoms with Crippen LogP contribution in [0, 0.1) is 5.21 Å². The molecule has 3 rings (SSSR count). The molecule has 0 fully saturated rings. The molecule has 1 aromatic heterocycles. The lowest BCUT2D eigenvalue weighted by molar-refractivity contribution is -0.645. The standard InChI is InChI=1S/C17H18N2O4S/c1-12(13-5-6-14-15(10-13)23-9-8-22-14)18-16(20)11-24-17-4-2-3-7-19(17)21/h2-7,10,12H,8-9,11H2,1H3,(H,18,20). The van der Waals surface area contributed by atoms with E-state index in [-0.39, 0.29) is 17.7 Å². The van der Waals surface area contributed by atoms with Crippen LogP contribution in [-0.4, -0.2) is 24.9 Å². The highest BCUT2D eigenvalue weighted by molar-refractivity contribution is 7.99. The van der Waals surface area contributed by atoms with Gasteiger partial charge in [-0.1, -0.05) is 6.07 Å². The van der Waals surface area contributed by atoms with Crippen molar-refractivity contribution in [3.8, 4) is 11.5 Å². The zero-order chi connectivity index (χ0) is 16.9. The average molecular weight is 346 g/mol. The maximum Gasteiger partial charge on any atom is 0.251 e. The number of hydrogen-bond donors (Lipinski definition) is 1. The number of amides is 1. The van der Waals surface area contributed by atoms with E-state index in [2.05, 4.69) is 5.32 Å². The summed E-state index contributed by atoms with van der Waals surface area (Å²) in [6.45, 7) is 2.99. The molecule has 0 radical (unpaired) electrons. The molecule has 1 amide bonds. The van der Waals surface area contributed by atoms with Crippen LogP contribution in [0.15, 0.2) is 47.6 Å². The van der Waals surface area contributed by atoms with Gasteiger partial charge in [0.15, 0.2) is 17.7 Å². The summed E-state index contributed by atoms with van der Waals surface area (Å²) in [5.41, 5.74) is 0.941. The van der Waals surface area contributed by atoms with Crippen molar-refractivity contribution in [1.29, 1.82) is 0 Å². The highest BCUT2D eigenvalue weighted by Gasteiger charge is 2.16. The van der Waals surface area contributed by atoms with Gasteiger partial charge in [0, 0.05) is 12.1 Å². The summed E-state index contributed by atoms with van der Waals surface area (Å²) in [6, 6.07) is 10.6. The third-order valence-corrected chi connectivity index (χ3v) is 4.60. The lowest BCUT2D eigenvalue weighted by Gasteiger charge is -2.21. The number of thioether (sulfide) groups is 1. The molecule has 0 bridgehead atoms. The summed E-state index contributed by atoms with van der Waals surface area (Å²) in [5, 5.41) is 15.0. The molecule has 1 unspecified atom stereocenters. The van der Waals surface area contributed by atoms with Crippen molar-refractivity contribution in [3.63, 3.8) is 0 Å². The number of ether oxygens (including phenoxy) is 2. The van der Waals surface area contributed by atoms with Crippen LogP contribution in [0.3, 0.4) is 0 Å². The molecule has 1 N–H and O–H groups in total. The van der Waals surface area contributed by atoms with E-state index in [0.717, 1.165) is 16.0 Å². The third-order valence-electron chi connectivity index (χ3n) is 3.58. The number of benzene rings is 1. The monoisotopic (exact) mass is 346 g/mol. The molecule has 7 heteroatoms. The number of pyridine rings is 1. The second kappa shape index (κ2) is 7.44. The average Bonchev–Trinajstić information content (AvgIpc) is 2.60. The summed E-state index contributed by atoms with van der Waals surface area (Å²) >= 11 is 1.21. The molecule has 2 aromatic rings. The Morgan fingerprint density at radius 3 is 2.88 bits per heavy atom. The van der Waals surface area contributed by atoms with Crippen molar-refractivity contribution in [1.82, 2.24) is 5.32 Å². The number of fused-ring (bicyclic) bond motifs is 1. The van der Waals surface area contributed by atoms with Gasteiger partial charge in [0.25, 0.3) is 5.03 Å². The first-order valence-corrected chi connectivity index (χ1v) is 8.62. The van der Waals surface area contributed by atoms with E-state index >= 15 is 0 Å². The number of aromatic nitrogens is 1. The van der Waals surface area contributed by atoms with Crippen molar-refractivity contribution >= 4 is 17.7 Å². The van der Waals surface area contributed by atoms with E-state index in [1.807, 2.05) is 25.1 Å². The van der Waals surface area contributed by atoms with Gasteiger partial charge in [-0.05, 0) is 42.4 Å². The summed E-state index contributed by atoms with van der Waals surface area (Å²) < 4.78 is 11.8. The fourth-order valence-corrected chi connectivity index (χ4v) is 3.08. The van der Waals surface area contributed by atoms with Crippen LogP contribution in [0.1, 0.15) is 18.5 Å². The molecule has 0 aliphatic carbocycles. The first-order chi connectivity index (χ1) is 11.6. The Hall–Kier alpha value is -2.41. The summed E-state index contributed by atoms with van der Waals surface area (Å²) in [6.07, 6.45) is 1.41. The Kier molecular flexibility index (Phi) is 5.10. The lowest BCUT2D eigenvalue weighted by Crippen LogP contribution is -2.31. The largest absolute Gasteiger partial charge is 0.618 e. The van der Waals surface area contributed by atoms with Crippen LogP contribution in [-0.2, 0) is 4.79 Å². The van der Waals surface area contributed by atoms with E-state index < -0.39 is 0 Å². The van der Waals surface area contributed by atoms with Gasteiger partial charge in [0.2, 0.25) is 5.91 Å². The molecule has 1 aliphatic heterocycles. The molecule has 1 aromatic carbocycles.